The van der Waals surface area contributed by atoms with Crippen molar-refractivity contribution in [1.82, 2.24) is 0 Å². The van der Waals surface area contributed by atoms with Gasteiger partial charge in [0, 0.05) is 22.0 Å². The number of carbonyl (C=O) groups is 1. The number of Topliss-reactive ketones (excluding diaryl/α,β-unsaturated/α-hetero) is 1. The van der Waals surface area contributed by atoms with E-state index in [0.717, 1.165) is 5.56 Å². The Bertz CT molecular complexity index is 932. The van der Waals surface area contributed by atoms with Crippen LogP contribution in [0, 0.1) is 0 Å². The minimum absolute atomic E-state index is 0.130. The molecule has 0 fully saturated rings. The molecule has 1 N–H and O–H groups in total. The van der Waals surface area contributed by atoms with Gasteiger partial charge in [-0.15, -0.1) is 0 Å². The second kappa shape index (κ2) is 8.53. The molecule has 0 saturated carbocycles. The fourth-order valence-electron chi connectivity index (χ4n) is 2.84. The van der Waals surface area contributed by atoms with Gasteiger partial charge in [-0.3, -0.25) is 4.79 Å². The van der Waals surface area contributed by atoms with E-state index in [-0.39, 0.29) is 12.2 Å². The third kappa shape index (κ3) is 4.67. The summed E-state index contributed by atoms with van der Waals surface area (Å²) in [4.78, 5) is 13.1. The molecule has 0 aliphatic carbocycles. The highest BCUT2D eigenvalue weighted by Gasteiger charge is 2.37. The number of carbonyl (C=O) groups excluding carboxylic acids is 1. The van der Waals surface area contributed by atoms with Crippen molar-refractivity contribution in [1.29, 1.82) is 0 Å². The van der Waals surface area contributed by atoms with Crippen LogP contribution >= 0.6 is 23.2 Å². The summed E-state index contributed by atoms with van der Waals surface area (Å²) in [6, 6.07) is 22.9. The van der Waals surface area contributed by atoms with Crippen LogP contribution in [0.25, 0.3) is 6.08 Å². The second-order valence-electron chi connectivity index (χ2n) is 6.22. The molecule has 0 amide bonds. The molecule has 0 spiro atoms. The first-order valence-electron chi connectivity index (χ1n) is 8.49. The molecule has 4 heteroatoms. The molecule has 2 nitrogen and oxygen atoms in total. The van der Waals surface area contributed by atoms with E-state index >= 15 is 0 Å². The minimum Gasteiger partial charge on any atom is -0.377 e. The molecule has 27 heavy (non-hydrogen) atoms. The van der Waals surface area contributed by atoms with Crippen molar-refractivity contribution < 1.29 is 9.90 Å². The van der Waals surface area contributed by atoms with E-state index in [1.165, 1.54) is 0 Å². The van der Waals surface area contributed by atoms with Crippen LogP contribution in [0.5, 0.6) is 0 Å². The molecule has 3 aromatic rings. The average molecular weight is 397 g/mol. The molecule has 0 aliphatic heterocycles. The second-order valence-corrected chi connectivity index (χ2v) is 7.09. The lowest BCUT2D eigenvalue weighted by Crippen LogP contribution is -2.35. The SMILES string of the molecule is O=C(c1ccc(Cl)cc1)C(O)(C/C=C/c1ccccc1)c1ccc(Cl)cc1. The first-order chi connectivity index (χ1) is 13.0. The Morgan fingerprint density at radius 3 is 2.00 bits per heavy atom. The molecular formula is C23H18Cl2O2. The summed E-state index contributed by atoms with van der Waals surface area (Å²) in [5.41, 5.74) is 0.174. The number of benzene rings is 3. The van der Waals surface area contributed by atoms with Crippen molar-refractivity contribution in [2.24, 2.45) is 0 Å². The Balaban J connectivity index is 1.95. The molecule has 3 aromatic carbocycles. The Morgan fingerprint density at radius 2 is 1.41 bits per heavy atom. The van der Waals surface area contributed by atoms with Crippen LogP contribution in [0.4, 0.5) is 0 Å². The summed E-state index contributed by atoms with van der Waals surface area (Å²) in [7, 11) is 0. The standard InChI is InChI=1S/C23H18Cl2O2/c24-20-12-8-18(9-13-20)22(26)23(27,19-10-14-21(25)15-11-19)16-4-7-17-5-2-1-3-6-17/h1-15,27H,16H2/b7-4+. The molecule has 1 unspecified atom stereocenters. The van der Waals surface area contributed by atoms with Crippen LogP contribution in [0.15, 0.2) is 84.9 Å². The summed E-state index contributed by atoms with van der Waals surface area (Å²) in [6.45, 7) is 0. The zero-order valence-electron chi connectivity index (χ0n) is 14.5. The van der Waals surface area contributed by atoms with Gasteiger partial charge in [0.25, 0.3) is 0 Å². The van der Waals surface area contributed by atoms with E-state index < -0.39 is 5.60 Å². The summed E-state index contributed by atoms with van der Waals surface area (Å²) >= 11 is 11.9. The third-order valence-corrected chi connectivity index (χ3v) is 4.83. The largest absolute Gasteiger partial charge is 0.377 e. The highest BCUT2D eigenvalue weighted by Crippen LogP contribution is 2.31. The van der Waals surface area contributed by atoms with Crippen molar-refractivity contribution in [3.05, 3.63) is 112 Å². The highest BCUT2D eigenvalue weighted by atomic mass is 35.5. The zero-order chi connectivity index (χ0) is 19.3. The lowest BCUT2D eigenvalue weighted by molar-refractivity contribution is 0.0313. The van der Waals surface area contributed by atoms with Gasteiger partial charge in [-0.2, -0.15) is 0 Å². The predicted octanol–water partition coefficient (Wildman–Crippen LogP) is 6.17. The van der Waals surface area contributed by atoms with E-state index in [1.54, 1.807) is 54.6 Å². The number of aliphatic hydroxyl groups is 1. The number of rotatable bonds is 6. The maximum Gasteiger partial charge on any atom is 0.199 e. The molecule has 0 heterocycles. The number of hydrogen-bond acceptors (Lipinski definition) is 2. The van der Waals surface area contributed by atoms with E-state index in [0.29, 0.717) is 21.2 Å². The normalized spacial score (nSPS) is 13.4. The Labute approximate surface area is 168 Å². The van der Waals surface area contributed by atoms with Gasteiger partial charge in [0.05, 0.1) is 0 Å². The zero-order valence-corrected chi connectivity index (χ0v) is 16.0. The summed E-state index contributed by atoms with van der Waals surface area (Å²) in [6.07, 6.45) is 3.82. The summed E-state index contributed by atoms with van der Waals surface area (Å²) in [5.74, 6) is -0.390. The molecular weight excluding hydrogens is 379 g/mol. The Hall–Kier alpha value is -2.39. The van der Waals surface area contributed by atoms with Crippen molar-refractivity contribution in [3.63, 3.8) is 0 Å². The van der Waals surface area contributed by atoms with Crippen LogP contribution < -0.4 is 0 Å². The summed E-state index contributed by atoms with van der Waals surface area (Å²) in [5, 5.41) is 12.4. The predicted molar refractivity (Wildman–Crippen MR) is 111 cm³/mol. The van der Waals surface area contributed by atoms with Gasteiger partial charge in [0.15, 0.2) is 11.4 Å². The van der Waals surface area contributed by atoms with Gasteiger partial charge in [-0.25, -0.2) is 0 Å². The molecule has 0 bridgehead atoms. The van der Waals surface area contributed by atoms with Gasteiger partial charge in [0.1, 0.15) is 0 Å². The lowest BCUT2D eigenvalue weighted by Gasteiger charge is -2.26. The average Bonchev–Trinajstić information content (AvgIpc) is 2.69. The van der Waals surface area contributed by atoms with Crippen LogP contribution in [0.3, 0.4) is 0 Å². The molecule has 136 valence electrons. The van der Waals surface area contributed by atoms with E-state index in [4.69, 9.17) is 23.2 Å². The molecule has 0 radical (unpaired) electrons. The first-order valence-corrected chi connectivity index (χ1v) is 9.25. The molecule has 3 rings (SSSR count). The van der Waals surface area contributed by atoms with Crippen LogP contribution in [-0.4, -0.2) is 10.9 Å². The van der Waals surface area contributed by atoms with Crippen molar-refractivity contribution >= 4 is 35.1 Å². The molecule has 0 aromatic heterocycles. The lowest BCUT2D eigenvalue weighted by atomic mass is 9.83. The quantitative estimate of drug-likeness (QED) is 0.505. The Morgan fingerprint density at radius 1 is 0.852 bits per heavy atom. The maximum absolute atomic E-state index is 13.1. The number of halogens is 2. The van der Waals surface area contributed by atoms with Crippen molar-refractivity contribution in [2.75, 3.05) is 0 Å². The third-order valence-electron chi connectivity index (χ3n) is 4.33. The Kier molecular flexibility index (Phi) is 6.12. The molecule has 0 aliphatic rings. The van der Waals surface area contributed by atoms with Gasteiger partial charge < -0.3 is 5.11 Å². The topological polar surface area (TPSA) is 37.3 Å². The van der Waals surface area contributed by atoms with E-state index in [1.807, 2.05) is 36.4 Å². The fraction of sp³-hybridized carbons (Fsp3) is 0.0870. The van der Waals surface area contributed by atoms with Crippen LogP contribution in [0.1, 0.15) is 27.9 Å². The smallest absolute Gasteiger partial charge is 0.199 e. The molecule has 1 atom stereocenters. The van der Waals surface area contributed by atoms with E-state index in [9.17, 15) is 9.90 Å². The monoisotopic (exact) mass is 396 g/mol. The minimum atomic E-state index is -1.70. The van der Waals surface area contributed by atoms with Gasteiger partial charge in [-0.1, -0.05) is 77.8 Å². The van der Waals surface area contributed by atoms with Crippen molar-refractivity contribution in [3.8, 4) is 0 Å². The van der Waals surface area contributed by atoms with Crippen LogP contribution in [-0.2, 0) is 5.60 Å². The fourth-order valence-corrected chi connectivity index (χ4v) is 3.09. The van der Waals surface area contributed by atoms with Crippen molar-refractivity contribution in [2.45, 2.75) is 12.0 Å². The number of hydrogen-bond donors (Lipinski definition) is 1. The summed E-state index contributed by atoms with van der Waals surface area (Å²) < 4.78 is 0. The van der Waals surface area contributed by atoms with E-state index in [2.05, 4.69) is 0 Å². The molecule has 0 saturated heterocycles. The first kappa shape index (κ1) is 19.4. The highest BCUT2D eigenvalue weighted by molar-refractivity contribution is 6.31. The number of ketones is 1. The van der Waals surface area contributed by atoms with Gasteiger partial charge in [-0.05, 0) is 47.5 Å². The maximum atomic E-state index is 13.1. The van der Waals surface area contributed by atoms with Gasteiger partial charge >= 0.3 is 0 Å². The van der Waals surface area contributed by atoms with Crippen LogP contribution in [0.2, 0.25) is 10.0 Å². The van der Waals surface area contributed by atoms with Gasteiger partial charge in [0.2, 0.25) is 0 Å².